The predicted octanol–water partition coefficient (Wildman–Crippen LogP) is 3.05. The Balaban J connectivity index is 2.23. The summed E-state index contributed by atoms with van der Waals surface area (Å²) in [4.78, 5) is 15.5. The molecule has 0 radical (unpaired) electrons. The minimum absolute atomic E-state index is 0.0678. The van der Waals surface area contributed by atoms with Crippen LogP contribution >= 0.6 is 0 Å². The summed E-state index contributed by atoms with van der Waals surface area (Å²) in [6.45, 7) is -2.93. The average Bonchev–Trinajstić information content (AvgIpc) is 2.39. The van der Waals surface area contributed by atoms with Crippen LogP contribution in [0.15, 0.2) is 42.7 Å². The Kier molecular flexibility index (Phi) is 3.79. The lowest BCUT2D eigenvalue weighted by Gasteiger charge is -2.05. The fraction of sp³-hybridized carbons (Fsp3) is 0.0769. The Morgan fingerprint density at radius 3 is 2.42 bits per heavy atom. The fourth-order valence-corrected chi connectivity index (χ4v) is 1.50. The number of pyridine rings is 1. The molecule has 3 nitrogen and oxygen atoms in total. The first-order valence-electron chi connectivity index (χ1n) is 5.27. The summed E-state index contributed by atoms with van der Waals surface area (Å²) < 4.78 is 41.4. The van der Waals surface area contributed by atoms with Crippen LogP contribution in [0.2, 0.25) is 0 Å². The summed E-state index contributed by atoms with van der Waals surface area (Å²) in [6, 6.07) is 6.28. The summed E-state index contributed by atoms with van der Waals surface area (Å²) in [5.41, 5.74) is 0.0456. The monoisotopic (exact) mass is 267 g/mol. The molecule has 19 heavy (non-hydrogen) atoms. The third-order valence-corrected chi connectivity index (χ3v) is 2.36. The zero-order valence-electron chi connectivity index (χ0n) is 9.52. The van der Waals surface area contributed by atoms with Gasteiger partial charge in [0.1, 0.15) is 5.75 Å². The second-order valence-corrected chi connectivity index (χ2v) is 3.59. The van der Waals surface area contributed by atoms with Crippen LogP contribution < -0.4 is 4.74 Å². The fourth-order valence-electron chi connectivity index (χ4n) is 1.50. The summed E-state index contributed by atoms with van der Waals surface area (Å²) in [5, 5.41) is 0. The molecule has 1 heterocycles. The third-order valence-electron chi connectivity index (χ3n) is 2.36. The van der Waals surface area contributed by atoms with Gasteiger partial charge in [0.25, 0.3) is 0 Å². The molecule has 0 aliphatic rings. The number of hydrogen-bond donors (Lipinski definition) is 0. The summed E-state index contributed by atoms with van der Waals surface area (Å²) in [5.74, 6) is -1.36. The topological polar surface area (TPSA) is 39.2 Å². The maximum Gasteiger partial charge on any atom is 0.387 e. The first-order chi connectivity index (χ1) is 9.08. The lowest BCUT2D eigenvalue weighted by atomic mass is 10.0. The quantitative estimate of drug-likeness (QED) is 0.799. The summed E-state index contributed by atoms with van der Waals surface area (Å²) in [6.07, 6.45) is 2.23. The van der Waals surface area contributed by atoms with E-state index in [-0.39, 0.29) is 16.9 Å². The molecule has 0 saturated heterocycles. The number of carbonyl (C=O) groups excluding carboxylic acids is 1. The van der Waals surface area contributed by atoms with E-state index < -0.39 is 18.2 Å². The Morgan fingerprint density at radius 1 is 1.16 bits per heavy atom. The molecule has 0 saturated carbocycles. The van der Waals surface area contributed by atoms with Crippen molar-refractivity contribution < 1.29 is 22.7 Å². The molecule has 0 bridgehead atoms. The number of ether oxygens (including phenoxy) is 1. The highest BCUT2D eigenvalue weighted by Gasteiger charge is 2.14. The average molecular weight is 267 g/mol. The maximum atomic E-state index is 13.4. The first-order valence-corrected chi connectivity index (χ1v) is 5.27. The van der Waals surface area contributed by atoms with Crippen molar-refractivity contribution in [3.63, 3.8) is 0 Å². The van der Waals surface area contributed by atoms with Crippen molar-refractivity contribution in [3.8, 4) is 5.75 Å². The van der Waals surface area contributed by atoms with Gasteiger partial charge in [0.15, 0.2) is 11.6 Å². The molecule has 0 unspecified atom stereocenters. The highest BCUT2D eigenvalue weighted by molar-refractivity contribution is 6.09. The van der Waals surface area contributed by atoms with E-state index in [2.05, 4.69) is 9.72 Å². The largest absolute Gasteiger partial charge is 0.435 e. The van der Waals surface area contributed by atoms with E-state index in [1.54, 1.807) is 0 Å². The number of alkyl halides is 2. The van der Waals surface area contributed by atoms with E-state index in [0.29, 0.717) is 0 Å². The van der Waals surface area contributed by atoms with Crippen LogP contribution in [0, 0.1) is 5.82 Å². The molecule has 2 rings (SSSR count). The van der Waals surface area contributed by atoms with Crippen LogP contribution in [0.3, 0.4) is 0 Å². The van der Waals surface area contributed by atoms with Gasteiger partial charge in [-0.25, -0.2) is 4.39 Å². The lowest BCUT2D eigenvalue weighted by molar-refractivity contribution is -0.0498. The molecule has 2 aromatic rings. The summed E-state index contributed by atoms with van der Waals surface area (Å²) in [7, 11) is 0. The molecule has 0 aliphatic carbocycles. The van der Waals surface area contributed by atoms with Gasteiger partial charge >= 0.3 is 6.61 Å². The van der Waals surface area contributed by atoms with Crippen LogP contribution in [-0.4, -0.2) is 17.4 Å². The van der Waals surface area contributed by atoms with Crippen molar-refractivity contribution in [1.82, 2.24) is 4.98 Å². The van der Waals surface area contributed by atoms with Crippen LogP contribution in [0.5, 0.6) is 5.75 Å². The van der Waals surface area contributed by atoms with Crippen molar-refractivity contribution in [1.29, 1.82) is 0 Å². The predicted molar refractivity (Wildman–Crippen MR) is 60.7 cm³/mol. The number of aromatic nitrogens is 1. The van der Waals surface area contributed by atoms with Gasteiger partial charge < -0.3 is 4.74 Å². The number of carbonyl (C=O) groups is 1. The van der Waals surface area contributed by atoms with Crippen LogP contribution in [0.4, 0.5) is 13.2 Å². The Bertz CT molecular complexity index is 585. The molecule has 0 spiro atoms. The molecule has 1 aromatic carbocycles. The smallest absolute Gasteiger partial charge is 0.387 e. The van der Waals surface area contributed by atoms with Crippen molar-refractivity contribution in [3.05, 3.63) is 59.7 Å². The van der Waals surface area contributed by atoms with Gasteiger partial charge in [0, 0.05) is 11.8 Å². The number of hydrogen-bond acceptors (Lipinski definition) is 3. The minimum atomic E-state index is -2.93. The van der Waals surface area contributed by atoms with Gasteiger partial charge in [-0.2, -0.15) is 8.78 Å². The highest BCUT2D eigenvalue weighted by atomic mass is 19.3. The van der Waals surface area contributed by atoms with Gasteiger partial charge in [-0.3, -0.25) is 9.78 Å². The number of halogens is 3. The minimum Gasteiger partial charge on any atom is -0.435 e. The van der Waals surface area contributed by atoms with Crippen LogP contribution in [0.1, 0.15) is 15.9 Å². The van der Waals surface area contributed by atoms with Gasteiger partial charge in [-0.05, 0) is 30.3 Å². The number of ketones is 1. The van der Waals surface area contributed by atoms with Crippen molar-refractivity contribution >= 4 is 5.78 Å². The molecule has 98 valence electrons. The Morgan fingerprint density at radius 2 is 1.84 bits per heavy atom. The normalized spacial score (nSPS) is 10.5. The van der Waals surface area contributed by atoms with E-state index in [1.807, 2.05) is 0 Å². The number of rotatable bonds is 4. The maximum absolute atomic E-state index is 13.4. The molecular formula is C13H8F3NO2. The van der Waals surface area contributed by atoms with Crippen LogP contribution in [0.25, 0.3) is 0 Å². The van der Waals surface area contributed by atoms with Gasteiger partial charge in [-0.1, -0.05) is 0 Å². The van der Waals surface area contributed by atoms with E-state index in [0.717, 1.165) is 6.20 Å². The summed E-state index contributed by atoms with van der Waals surface area (Å²) >= 11 is 0. The van der Waals surface area contributed by atoms with E-state index >= 15 is 0 Å². The molecule has 0 amide bonds. The molecule has 1 aromatic heterocycles. The van der Waals surface area contributed by atoms with Gasteiger partial charge in [0.2, 0.25) is 0 Å². The number of benzene rings is 1. The third kappa shape index (κ3) is 3.09. The molecule has 6 heteroatoms. The Labute approximate surface area is 106 Å². The van der Waals surface area contributed by atoms with Crippen molar-refractivity contribution in [2.24, 2.45) is 0 Å². The Hall–Kier alpha value is -2.37. The zero-order valence-corrected chi connectivity index (χ0v) is 9.52. The van der Waals surface area contributed by atoms with E-state index in [9.17, 15) is 18.0 Å². The highest BCUT2D eigenvalue weighted by Crippen LogP contribution is 2.18. The van der Waals surface area contributed by atoms with Gasteiger partial charge in [0.05, 0.1) is 11.8 Å². The number of nitrogens with zero attached hydrogens (tertiary/aromatic N) is 1. The SMILES string of the molecule is O=C(c1ccc(OC(F)F)cc1)c1ccncc1F. The van der Waals surface area contributed by atoms with Gasteiger partial charge in [-0.15, -0.1) is 0 Å². The molecular weight excluding hydrogens is 259 g/mol. The lowest BCUT2D eigenvalue weighted by Crippen LogP contribution is -2.05. The molecule has 0 fully saturated rings. The zero-order chi connectivity index (χ0) is 13.8. The first kappa shape index (κ1) is 13.1. The standard InChI is InChI=1S/C13H8F3NO2/c14-11-7-17-6-5-10(11)12(18)8-1-3-9(4-2-8)19-13(15)16/h1-7,13H. The van der Waals surface area contributed by atoms with E-state index in [1.165, 1.54) is 36.5 Å². The second kappa shape index (κ2) is 5.51. The van der Waals surface area contributed by atoms with E-state index in [4.69, 9.17) is 0 Å². The van der Waals surface area contributed by atoms with Crippen molar-refractivity contribution in [2.75, 3.05) is 0 Å². The molecule has 0 atom stereocenters. The molecule has 0 N–H and O–H groups in total. The second-order valence-electron chi connectivity index (χ2n) is 3.59. The van der Waals surface area contributed by atoms with Crippen molar-refractivity contribution in [2.45, 2.75) is 6.61 Å². The molecule has 0 aliphatic heterocycles. The van der Waals surface area contributed by atoms with Crippen LogP contribution in [-0.2, 0) is 0 Å².